The first-order valence-electron chi connectivity index (χ1n) is 4.18. The molecule has 0 radical (unpaired) electrons. The van der Waals surface area contributed by atoms with Crippen molar-refractivity contribution in [3.05, 3.63) is 24.3 Å². The Labute approximate surface area is 83.2 Å². The average Bonchev–Trinajstić information content (AvgIpc) is 2.15. The molecule has 1 N–H and O–H groups in total. The summed E-state index contributed by atoms with van der Waals surface area (Å²) in [6.07, 6.45) is 7.02. The molecule has 0 fully saturated rings. The van der Waals surface area contributed by atoms with Crippen LogP contribution >= 0.6 is 11.8 Å². The van der Waals surface area contributed by atoms with E-state index in [1.807, 2.05) is 12.1 Å². The molecular weight excluding hydrogens is 180 g/mol. The van der Waals surface area contributed by atoms with Gasteiger partial charge in [0.2, 0.25) is 0 Å². The number of thioether (sulfide) groups is 1. The number of hydrogen-bond acceptors (Lipinski definition) is 2. The van der Waals surface area contributed by atoms with Gasteiger partial charge in [0, 0.05) is 11.3 Å². The average molecular weight is 192 g/mol. The molecule has 0 atom stereocenters. The molecule has 0 saturated heterocycles. The zero-order valence-electron chi connectivity index (χ0n) is 7.36. The number of phenols is 1. The van der Waals surface area contributed by atoms with Crippen LogP contribution in [-0.2, 0) is 0 Å². The molecule has 1 aromatic carbocycles. The molecule has 0 aromatic heterocycles. The van der Waals surface area contributed by atoms with Crippen molar-refractivity contribution < 1.29 is 5.11 Å². The zero-order valence-corrected chi connectivity index (χ0v) is 8.18. The first kappa shape index (κ1) is 10.0. The summed E-state index contributed by atoms with van der Waals surface area (Å²) in [4.78, 5) is 1.18. The fraction of sp³-hybridized carbons (Fsp3) is 0.273. The molecule has 0 aliphatic carbocycles. The second kappa shape index (κ2) is 5.55. The van der Waals surface area contributed by atoms with Gasteiger partial charge < -0.3 is 5.11 Å². The topological polar surface area (TPSA) is 20.2 Å². The largest absolute Gasteiger partial charge is 0.508 e. The van der Waals surface area contributed by atoms with Crippen LogP contribution in [-0.4, -0.2) is 10.9 Å². The third kappa shape index (κ3) is 3.91. The third-order valence-corrected chi connectivity index (χ3v) is 2.67. The summed E-state index contributed by atoms with van der Waals surface area (Å²) in [6, 6.07) is 7.22. The van der Waals surface area contributed by atoms with Gasteiger partial charge in [0.05, 0.1) is 0 Å². The SMILES string of the molecule is C#CCCCSc1ccc(O)cc1. The number of benzene rings is 1. The highest BCUT2D eigenvalue weighted by molar-refractivity contribution is 7.99. The van der Waals surface area contributed by atoms with Crippen molar-refractivity contribution in [1.29, 1.82) is 0 Å². The van der Waals surface area contributed by atoms with Gasteiger partial charge in [-0.15, -0.1) is 24.1 Å². The molecule has 2 heteroatoms. The van der Waals surface area contributed by atoms with Crippen molar-refractivity contribution >= 4 is 11.8 Å². The van der Waals surface area contributed by atoms with Gasteiger partial charge in [0.15, 0.2) is 0 Å². The maximum atomic E-state index is 9.03. The van der Waals surface area contributed by atoms with Gasteiger partial charge in [-0.1, -0.05) is 0 Å². The van der Waals surface area contributed by atoms with Crippen LogP contribution in [0.4, 0.5) is 0 Å². The van der Waals surface area contributed by atoms with Crippen molar-refractivity contribution in [2.45, 2.75) is 17.7 Å². The number of phenolic OH excluding ortho intramolecular Hbond substituents is 1. The first-order chi connectivity index (χ1) is 6.33. The molecule has 13 heavy (non-hydrogen) atoms. The summed E-state index contributed by atoms with van der Waals surface area (Å²) < 4.78 is 0. The minimum absolute atomic E-state index is 0.313. The van der Waals surface area contributed by atoms with E-state index in [-0.39, 0.29) is 0 Å². The first-order valence-corrected chi connectivity index (χ1v) is 5.17. The van der Waals surface area contributed by atoms with E-state index in [0.29, 0.717) is 5.75 Å². The molecule has 0 saturated carbocycles. The van der Waals surface area contributed by atoms with Crippen LogP contribution in [0, 0.1) is 12.3 Å². The third-order valence-electron chi connectivity index (χ3n) is 1.57. The van der Waals surface area contributed by atoms with Gasteiger partial charge in [-0.05, 0) is 36.4 Å². The smallest absolute Gasteiger partial charge is 0.115 e. The molecule has 0 amide bonds. The lowest BCUT2D eigenvalue weighted by Gasteiger charge is -1.99. The minimum Gasteiger partial charge on any atom is -0.508 e. The summed E-state index contributed by atoms with van der Waals surface area (Å²) in [6.45, 7) is 0. The molecule has 0 heterocycles. The van der Waals surface area contributed by atoms with E-state index >= 15 is 0 Å². The van der Waals surface area contributed by atoms with Crippen LogP contribution in [0.25, 0.3) is 0 Å². The van der Waals surface area contributed by atoms with Gasteiger partial charge in [-0.3, -0.25) is 0 Å². The van der Waals surface area contributed by atoms with Crippen molar-refractivity contribution in [3.8, 4) is 18.1 Å². The van der Waals surface area contributed by atoms with Crippen molar-refractivity contribution in [2.24, 2.45) is 0 Å². The van der Waals surface area contributed by atoms with Crippen LogP contribution in [0.15, 0.2) is 29.2 Å². The Balaban J connectivity index is 2.30. The summed E-state index contributed by atoms with van der Waals surface area (Å²) >= 11 is 1.76. The van der Waals surface area contributed by atoms with E-state index in [0.717, 1.165) is 18.6 Å². The Morgan fingerprint density at radius 3 is 2.62 bits per heavy atom. The predicted octanol–water partition coefficient (Wildman–Crippen LogP) is 2.90. The fourth-order valence-electron chi connectivity index (χ4n) is 0.907. The van der Waals surface area contributed by atoms with Gasteiger partial charge >= 0.3 is 0 Å². The standard InChI is InChI=1S/C11H12OS/c1-2-3-4-9-13-11-7-5-10(12)6-8-11/h1,5-8,12H,3-4,9H2. The van der Waals surface area contributed by atoms with Crippen LogP contribution in [0.2, 0.25) is 0 Å². The molecule has 0 unspecified atom stereocenters. The van der Waals surface area contributed by atoms with E-state index < -0.39 is 0 Å². The van der Waals surface area contributed by atoms with Crippen LogP contribution in [0.5, 0.6) is 5.75 Å². The lowest BCUT2D eigenvalue weighted by molar-refractivity contribution is 0.475. The monoisotopic (exact) mass is 192 g/mol. The molecule has 0 bridgehead atoms. The van der Waals surface area contributed by atoms with Gasteiger partial charge in [-0.25, -0.2) is 0 Å². The second-order valence-electron chi connectivity index (χ2n) is 2.65. The maximum absolute atomic E-state index is 9.03. The molecule has 68 valence electrons. The Kier molecular flexibility index (Phi) is 4.28. The molecule has 1 aromatic rings. The van der Waals surface area contributed by atoms with Gasteiger partial charge in [0.1, 0.15) is 5.75 Å². The fourth-order valence-corrected chi connectivity index (χ4v) is 1.76. The van der Waals surface area contributed by atoms with Crippen LogP contribution in [0.1, 0.15) is 12.8 Å². The summed E-state index contributed by atoms with van der Waals surface area (Å²) in [5.74, 6) is 3.96. The van der Waals surface area contributed by atoms with E-state index in [9.17, 15) is 0 Å². The Bertz CT molecular complexity index is 284. The normalized spacial score (nSPS) is 9.46. The Hall–Kier alpha value is -1.07. The van der Waals surface area contributed by atoms with E-state index in [2.05, 4.69) is 5.92 Å². The number of rotatable bonds is 4. The summed E-state index contributed by atoms with van der Waals surface area (Å²) in [5.41, 5.74) is 0. The Morgan fingerprint density at radius 2 is 2.00 bits per heavy atom. The molecular formula is C11H12OS. The molecule has 1 nitrogen and oxygen atoms in total. The van der Waals surface area contributed by atoms with E-state index in [1.165, 1.54) is 4.90 Å². The molecule has 0 aliphatic rings. The maximum Gasteiger partial charge on any atom is 0.115 e. The highest BCUT2D eigenvalue weighted by atomic mass is 32.2. The molecule has 0 aliphatic heterocycles. The molecule has 1 rings (SSSR count). The second-order valence-corrected chi connectivity index (χ2v) is 3.82. The number of unbranched alkanes of at least 4 members (excludes halogenated alkanes) is 1. The molecule has 0 spiro atoms. The zero-order chi connectivity index (χ0) is 9.52. The van der Waals surface area contributed by atoms with E-state index in [4.69, 9.17) is 11.5 Å². The number of aromatic hydroxyl groups is 1. The lowest BCUT2D eigenvalue weighted by Crippen LogP contribution is -1.78. The predicted molar refractivity (Wildman–Crippen MR) is 56.9 cm³/mol. The van der Waals surface area contributed by atoms with Crippen molar-refractivity contribution in [1.82, 2.24) is 0 Å². The van der Waals surface area contributed by atoms with Gasteiger partial charge in [0.25, 0.3) is 0 Å². The van der Waals surface area contributed by atoms with Crippen LogP contribution in [0.3, 0.4) is 0 Å². The summed E-state index contributed by atoms with van der Waals surface area (Å²) in [7, 11) is 0. The number of hydrogen-bond donors (Lipinski definition) is 1. The Morgan fingerprint density at radius 1 is 1.31 bits per heavy atom. The van der Waals surface area contributed by atoms with Gasteiger partial charge in [-0.2, -0.15) is 0 Å². The minimum atomic E-state index is 0.313. The quantitative estimate of drug-likeness (QED) is 0.449. The lowest BCUT2D eigenvalue weighted by atomic mass is 10.3. The highest BCUT2D eigenvalue weighted by Gasteiger charge is 1.93. The highest BCUT2D eigenvalue weighted by Crippen LogP contribution is 2.21. The van der Waals surface area contributed by atoms with Crippen molar-refractivity contribution in [3.63, 3.8) is 0 Å². The van der Waals surface area contributed by atoms with Crippen LogP contribution < -0.4 is 0 Å². The van der Waals surface area contributed by atoms with E-state index in [1.54, 1.807) is 23.9 Å². The summed E-state index contributed by atoms with van der Waals surface area (Å²) in [5, 5.41) is 9.03. The van der Waals surface area contributed by atoms with Crippen molar-refractivity contribution in [2.75, 3.05) is 5.75 Å². The number of terminal acetylenes is 1.